The second kappa shape index (κ2) is 10.6. The van der Waals surface area contributed by atoms with Crippen molar-refractivity contribution in [1.29, 1.82) is 0 Å². The van der Waals surface area contributed by atoms with Gasteiger partial charge in [-0.05, 0) is 67.3 Å². The fourth-order valence-corrected chi connectivity index (χ4v) is 4.59. The third kappa shape index (κ3) is 5.38. The summed E-state index contributed by atoms with van der Waals surface area (Å²) in [6.45, 7) is 5.97. The van der Waals surface area contributed by atoms with Crippen molar-refractivity contribution in [1.82, 2.24) is 15.3 Å². The number of nitrogens with zero attached hydrogens (tertiary/aromatic N) is 2. The van der Waals surface area contributed by atoms with Crippen molar-refractivity contribution in [3.05, 3.63) is 84.4 Å². The van der Waals surface area contributed by atoms with Gasteiger partial charge in [0.25, 0.3) is 5.91 Å². The number of fused-ring (bicyclic) bond motifs is 1. The second-order valence-corrected chi connectivity index (χ2v) is 9.18. The lowest BCUT2D eigenvalue weighted by molar-refractivity contribution is -0.123. The van der Waals surface area contributed by atoms with Gasteiger partial charge in [-0.1, -0.05) is 55.8 Å². The Bertz CT molecular complexity index is 1410. The Hall–Kier alpha value is -4.19. The first-order chi connectivity index (χ1) is 17.6. The van der Waals surface area contributed by atoms with Gasteiger partial charge < -0.3 is 15.4 Å². The molecule has 1 aliphatic carbocycles. The van der Waals surface area contributed by atoms with Crippen molar-refractivity contribution in [2.24, 2.45) is 0 Å². The van der Waals surface area contributed by atoms with E-state index in [1.54, 1.807) is 0 Å². The number of hydrogen-bond acceptors (Lipinski definition) is 5. The molecule has 0 aliphatic heterocycles. The molecule has 5 rings (SSSR count). The van der Waals surface area contributed by atoms with Crippen LogP contribution in [0.2, 0.25) is 0 Å². The minimum absolute atomic E-state index is 0.00953. The van der Waals surface area contributed by atoms with E-state index in [0.717, 1.165) is 51.9 Å². The van der Waals surface area contributed by atoms with E-state index in [-0.39, 0.29) is 18.6 Å². The van der Waals surface area contributed by atoms with E-state index >= 15 is 0 Å². The van der Waals surface area contributed by atoms with Gasteiger partial charge in [-0.3, -0.25) is 4.79 Å². The van der Waals surface area contributed by atoms with Gasteiger partial charge in [0.05, 0.1) is 5.52 Å². The molecular formula is C30H30N4O2. The lowest BCUT2D eigenvalue weighted by atomic mass is 10.1. The first kappa shape index (κ1) is 23.5. The molecule has 6 nitrogen and oxygen atoms in total. The van der Waals surface area contributed by atoms with Crippen LogP contribution in [0.4, 0.5) is 11.5 Å². The lowest BCUT2D eigenvalue weighted by Gasteiger charge is -2.14. The third-order valence-electron chi connectivity index (χ3n) is 6.55. The number of nitrogens with one attached hydrogen (secondary N) is 2. The van der Waals surface area contributed by atoms with E-state index in [1.807, 2.05) is 60.7 Å². The van der Waals surface area contributed by atoms with E-state index in [2.05, 4.69) is 36.3 Å². The summed E-state index contributed by atoms with van der Waals surface area (Å²) in [6, 6.07) is 21.9. The van der Waals surface area contributed by atoms with Crippen LogP contribution in [0, 0.1) is 6.92 Å². The fourth-order valence-electron chi connectivity index (χ4n) is 4.59. The minimum Gasteiger partial charge on any atom is -0.484 e. The minimum atomic E-state index is -0.0854. The van der Waals surface area contributed by atoms with E-state index in [0.29, 0.717) is 11.6 Å². The van der Waals surface area contributed by atoms with Crippen LogP contribution in [0.15, 0.2) is 73.3 Å². The molecule has 182 valence electrons. The highest BCUT2D eigenvalue weighted by Crippen LogP contribution is 2.29. The molecule has 1 aromatic heterocycles. The zero-order chi connectivity index (χ0) is 24.9. The van der Waals surface area contributed by atoms with Crippen molar-refractivity contribution >= 4 is 34.4 Å². The summed E-state index contributed by atoms with van der Waals surface area (Å²) in [5.74, 6) is 1.82. The number of ether oxygens (including phenoxy) is 1. The third-order valence-corrected chi connectivity index (χ3v) is 6.55. The number of hydrogen-bond donors (Lipinski definition) is 2. The summed E-state index contributed by atoms with van der Waals surface area (Å²) in [6.07, 6.45) is 6.30. The molecule has 1 saturated carbocycles. The summed E-state index contributed by atoms with van der Waals surface area (Å²) in [7, 11) is 0. The van der Waals surface area contributed by atoms with E-state index in [1.165, 1.54) is 12.8 Å². The van der Waals surface area contributed by atoms with Gasteiger partial charge in [-0.15, -0.1) is 0 Å². The molecule has 1 fully saturated rings. The van der Waals surface area contributed by atoms with Crippen LogP contribution in [-0.4, -0.2) is 28.5 Å². The summed E-state index contributed by atoms with van der Waals surface area (Å²) in [5, 5.41) is 7.45. The summed E-state index contributed by atoms with van der Waals surface area (Å²) >= 11 is 0. The molecule has 2 N–H and O–H groups in total. The molecule has 1 amide bonds. The Balaban J connectivity index is 1.40. The maximum atomic E-state index is 12.3. The number of carbonyl (C=O) groups is 1. The van der Waals surface area contributed by atoms with Gasteiger partial charge in [-0.2, -0.15) is 0 Å². The largest absolute Gasteiger partial charge is 0.484 e. The highest BCUT2D eigenvalue weighted by atomic mass is 16.5. The summed E-state index contributed by atoms with van der Waals surface area (Å²) in [5.41, 5.74) is 4.81. The van der Waals surface area contributed by atoms with Crippen LogP contribution in [0.5, 0.6) is 5.75 Å². The van der Waals surface area contributed by atoms with Gasteiger partial charge in [0.15, 0.2) is 12.4 Å². The highest BCUT2D eigenvalue weighted by molar-refractivity contribution is 5.92. The number of amides is 1. The predicted octanol–water partition coefficient (Wildman–Crippen LogP) is 6.43. The van der Waals surface area contributed by atoms with Crippen molar-refractivity contribution in [2.45, 2.75) is 38.6 Å². The molecule has 0 spiro atoms. The molecule has 4 aromatic rings. The standard InChI is InChI=1S/C30H30N4O2/c1-3-21-17-24(16-15-20(21)2)32-30-26-13-6-7-14-27(26)33-29(34-30)22-9-8-12-25(18-22)36-19-28(35)31-23-10-4-5-11-23/h3,6-9,12-18,23H,1,4-5,10-11,19H2,2H3,(H,31,35)(H,32,33,34). The van der Waals surface area contributed by atoms with Crippen LogP contribution in [-0.2, 0) is 4.79 Å². The Morgan fingerprint density at radius 1 is 1.06 bits per heavy atom. The van der Waals surface area contributed by atoms with E-state index in [9.17, 15) is 4.79 Å². The molecule has 36 heavy (non-hydrogen) atoms. The first-order valence-electron chi connectivity index (χ1n) is 12.4. The Morgan fingerprint density at radius 3 is 2.72 bits per heavy atom. The molecule has 0 unspecified atom stereocenters. The fraction of sp³-hybridized carbons (Fsp3) is 0.233. The molecular weight excluding hydrogens is 448 g/mol. The normalized spacial score (nSPS) is 13.5. The molecule has 0 atom stereocenters. The van der Waals surface area contributed by atoms with Crippen molar-refractivity contribution < 1.29 is 9.53 Å². The number of benzene rings is 3. The summed E-state index contributed by atoms with van der Waals surface area (Å²) in [4.78, 5) is 21.9. The maximum absolute atomic E-state index is 12.3. The Labute approximate surface area is 211 Å². The van der Waals surface area contributed by atoms with Crippen LogP contribution in [0.1, 0.15) is 36.8 Å². The van der Waals surface area contributed by atoms with Crippen molar-refractivity contribution in [2.75, 3.05) is 11.9 Å². The Kier molecular flexibility index (Phi) is 6.94. The van der Waals surface area contributed by atoms with Crippen LogP contribution < -0.4 is 15.4 Å². The average molecular weight is 479 g/mol. The van der Waals surface area contributed by atoms with Crippen molar-refractivity contribution in [3.63, 3.8) is 0 Å². The van der Waals surface area contributed by atoms with Crippen LogP contribution in [0.3, 0.4) is 0 Å². The second-order valence-electron chi connectivity index (χ2n) is 9.18. The number of aryl methyl sites for hydroxylation is 1. The predicted molar refractivity (Wildman–Crippen MR) is 145 cm³/mol. The Morgan fingerprint density at radius 2 is 1.89 bits per heavy atom. The smallest absolute Gasteiger partial charge is 0.258 e. The number of para-hydroxylation sites is 1. The molecule has 3 aromatic carbocycles. The molecule has 0 radical (unpaired) electrons. The van der Waals surface area contributed by atoms with Crippen LogP contribution in [0.25, 0.3) is 28.4 Å². The topological polar surface area (TPSA) is 76.1 Å². The van der Waals surface area contributed by atoms with E-state index < -0.39 is 0 Å². The molecule has 0 bridgehead atoms. The first-order valence-corrected chi connectivity index (χ1v) is 12.4. The lowest BCUT2D eigenvalue weighted by Crippen LogP contribution is -2.36. The molecule has 1 heterocycles. The average Bonchev–Trinajstić information content (AvgIpc) is 3.41. The van der Waals surface area contributed by atoms with Gasteiger partial charge >= 0.3 is 0 Å². The van der Waals surface area contributed by atoms with Gasteiger partial charge in [0, 0.05) is 22.7 Å². The number of aromatic nitrogens is 2. The zero-order valence-electron chi connectivity index (χ0n) is 20.5. The molecule has 0 saturated heterocycles. The number of anilines is 2. The van der Waals surface area contributed by atoms with Crippen LogP contribution >= 0.6 is 0 Å². The van der Waals surface area contributed by atoms with Crippen molar-refractivity contribution in [3.8, 4) is 17.1 Å². The maximum Gasteiger partial charge on any atom is 0.258 e. The number of rotatable bonds is 8. The van der Waals surface area contributed by atoms with Gasteiger partial charge in [0.2, 0.25) is 0 Å². The molecule has 6 heteroatoms. The monoisotopic (exact) mass is 478 g/mol. The van der Waals surface area contributed by atoms with Gasteiger partial charge in [-0.25, -0.2) is 9.97 Å². The molecule has 1 aliphatic rings. The number of carbonyl (C=O) groups excluding carboxylic acids is 1. The zero-order valence-corrected chi connectivity index (χ0v) is 20.5. The highest BCUT2D eigenvalue weighted by Gasteiger charge is 2.17. The quantitative estimate of drug-likeness (QED) is 0.305. The SMILES string of the molecule is C=Cc1cc(Nc2nc(-c3cccc(OCC(=O)NC4CCCC4)c3)nc3ccccc23)ccc1C. The van der Waals surface area contributed by atoms with Gasteiger partial charge in [0.1, 0.15) is 11.6 Å². The van der Waals surface area contributed by atoms with E-state index in [4.69, 9.17) is 14.7 Å². The summed E-state index contributed by atoms with van der Waals surface area (Å²) < 4.78 is 5.80.